The highest BCUT2D eigenvalue weighted by Gasteiger charge is 2.23. The number of aliphatic hydroxyl groups is 1. The number of para-hydroxylation sites is 1. The molecule has 0 spiro atoms. The fourth-order valence-electron chi connectivity index (χ4n) is 1.68. The number of alkyl carbamates (subject to hydrolysis) is 1. The molecule has 2 N–H and O–H groups in total. The molecule has 1 heterocycles. The van der Waals surface area contributed by atoms with E-state index in [1.807, 2.05) is 24.3 Å². The van der Waals surface area contributed by atoms with Crippen LogP contribution in [0.25, 0.3) is 0 Å². The number of aliphatic hydroxyl groups excluding tert-OH is 1. The van der Waals surface area contributed by atoms with Gasteiger partial charge >= 0.3 is 6.09 Å². The van der Waals surface area contributed by atoms with Crippen molar-refractivity contribution in [2.75, 3.05) is 19.8 Å². The molecule has 1 saturated heterocycles. The Morgan fingerprint density at radius 2 is 2.29 bits per heavy atom. The molecule has 2 rings (SSSR count). The Balaban J connectivity index is 1.91. The summed E-state index contributed by atoms with van der Waals surface area (Å²) in [6.45, 7) is 0.878. The second kappa shape index (κ2) is 5.54. The van der Waals surface area contributed by atoms with Crippen molar-refractivity contribution in [2.45, 2.75) is 12.5 Å². The van der Waals surface area contributed by atoms with Gasteiger partial charge < -0.3 is 19.9 Å². The predicted molar refractivity (Wildman–Crippen MR) is 61.0 cm³/mol. The summed E-state index contributed by atoms with van der Waals surface area (Å²) < 4.78 is 10.6. The highest BCUT2D eigenvalue weighted by molar-refractivity contribution is 5.69. The number of rotatable bonds is 5. The number of ether oxygens (including phenoxy) is 2. The Morgan fingerprint density at radius 1 is 1.47 bits per heavy atom. The summed E-state index contributed by atoms with van der Waals surface area (Å²) >= 11 is 0. The van der Waals surface area contributed by atoms with Gasteiger partial charge in [-0.15, -0.1) is 0 Å². The molecular weight excluding hydrogens is 222 g/mol. The number of carbonyl (C=O) groups excluding carboxylic acids is 1. The first-order valence-electron chi connectivity index (χ1n) is 5.55. The van der Waals surface area contributed by atoms with Crippen molar-refractivity contribution in [3.05, 3.63) is 29.8 Å². The van der Waals surface area contributed by atoms with E-state index in [0.717, 1.165) is 11.3 Å². The molecule has 1 aromatic rings. The summed E-state index contributed by atoms with van der Waals surface area (Å²) in [5.41, 5.74) is 0.951. The zero-order valence-electron chi connectivity index (χ0n) is 9.39. The molecule has 0 bridgehead atoms. The third-order valence-electron chi connectivity index (χ3n) is 2.53. The normalized spacial score (nSPS) is 18.6. The first-order valence-corrected chi connectivity index (χ1v) is 5.55. The summed E-state index contributed by atoms with van der Waals surface area (Å²) in [6.07, 6.45) is -0.0919. The summed E-state index contributed by atoms with van der Waals surface area (Å²) in [5.74, 6) is 0.726. The molecular formula is C12H15NO4. The van der Waals surface area contributed by atoms with Crippen molar-refractivity contribution in [3.63, 3.8) is 0 Å². The molecule has 5 nitrogen and oxygen atoms in total. The Bertz CT molecular complexity index is 394. The van der Waals surface area contributed by atoms with Crippen LogP contribution in [0.1, 0.15) is 5.56 Å². The van der Waals surface area contributed by atoms with Crippen LogP contribution < -0.4 is 10.1 Å². The van der Waals surface area contributed by atoms with Crippen molar-refractivity contribution < 1.29 is 19.4 Å². The average molecular weight is 237 g/mol. The third-order valence-corrected chi connectivity index (χ3v) is 2.53. The van der Waals surface area contributed by atoms with Gasteiger partial charge in [0.15, 0.2) is 6.10 Å². The summed E-state index contributed by atoms with van der Waals surface area (Å²) in [7, 11) is 0. The zero-order valence-corrected chi connectivity index (χ0v) is 9.39. The van der Waals surface area contributed by atoms with Crippen molar-refractivity contribution in [2.24, 2.45) is 0 Å². The minimum atomic E-state index is -0.401. The smallest absolute Gasteiger partial charge is 0.407 e. The molecule has 1 amide bonds. The monoisotopic (exact) mass is 237 g/mol. The van der Waals surface area contributed by atoms with Crippen molar-refractivity contribution in [1.82, 2.24) is 5.32 Å². The van der Waals surface area contributed by atoms with Crippen LogP contribution in [0.15, 0.2) is 24.3 Å². The van der Waals surface area contributed by atoms with E-state index in [2.05, 4.69) is 5.32 Å². The molecule has 0 aliphatic carbocycles. The minimum absolute atomic E-state index is 0.0837. The van der Waals surface area contributed by atoms with Crippen molar-refractivity contribution >= 4 is 6.09 Å². The molecule has 0 saturated carbocycles. The quantitative estimate of drug-likeness (QED) is 0.791. The zero-order chi connectivity index (χ0) is 12.1. The number of benzene rings is 1. The molecule has 1 atom stereocenters. The third kappa shape index (κ3) is 3.10. The van der Waals surface area contributed by atoms with Gasteiger partial charge in [0.2, 0.25) is 0 Å². The molecule has 0 aromatic heterocycles. The number of cyclic esters (lactones) is 1. The lowest BCUT2D eigenvalue weighted by atomic mass is 10.1. The van der Waals surface area contributed by atoms with Crippen LogP contribution in [0, 0.1) is 0 Å². The topological polar surface area (TPSA) is 67.8 Å². The lowest BCUT2D eigenvalue weighted by molar-refractivity contribution is 0.104. The fourth-order valence-corrected chi connectivity index (χ4v) is 1.68. The molecule has 1 aliphatic heterocycles. The molecule has 5 heteroatoms. The Kier molecular flexibility index (Phi) is 3.82. The fraction of sp³-hybridized carbons (Fsp3) is 0.417. The Hall–Kier alpha value is -1.75. The van der Waals surface area contributed by atoms with Crippen LogP contribution >= 0.6 is 0 Å². The van der Waals surface area contributed by atoms with Gasteiger partial charge in [0.1, 0.15) is 12.4 Å². The summed E-state index contributed by atoms with van der Waals surface area (Å²) in [6, 6.07) is 7.52. The number of carbonyl (C=O) groups is 1. The van der Waals surface area contributed by atoms with E-state index in [9.17, 15) is 4.79 Å². The molecule has 92 valence electrons. The molecule has 1 fully saturated rings. The van der Waals surface area contributed by atoms with Gasteiger partial charge in [-0.05, 0) is 18.1 Å². The molecule has 1 unspecified atom stereocenters. The maximum atomic E-state index is 10.8. The van der Waals surface area contributed by atoms with Crippen LogP contribution in [-0.4, -0.2) is 37.1 Å². The minimum Gasteiger partial charge on any atom is -0.489 e. The Labute approximate surface area is 99.3 Å². The van der Waals surface area contributed by atoms with Crippen LogP contribution in [0.3, 0.4) is 0 Å². The van der Waals surface area contributed by atoms with E-state index in [-0.39, 0.29) is 12.7 Å². The van der Waals surface area contributed by atoms with Gasteiger partial charge in [-0.3, -0.25) is 0 Å². The van der Waals surface area contributed by atoms with Crippen LogP contribution in [0.2, 0.25) is 0 Å². The van der Waals surface area contributed by atoms with E-state index >= 15 is 0 Å². The number of nitrogens with one attached hydrogen (secondary N) is 1. The van der Waals surface area contributed by atoms with Crippen LogP contribution in [0.5, 0.6) is 5.75 Å². The van der Waals surface area contributed by atoms with Gasteiger partial charge in [0.05, 0.1) is 6.54 Å². The second-order valence-electron chi connectivity index (χ2n) is 3.80. The van der Waals surface area contributed by atoms with Crippen LogP contribution in [0.4, 0.5) is 4.79 Å². The first kappa shape index (κ1) is 11.7. The van der Waals surface area contributed by atoms with Gasteiger partial charge in [-0.2, -0.15) is 0 Å². The largest absolute Gasteiger partial charge is 0.489 e. The van der Waals surface area contributed by atoms with Crippen molar-refractivity contribution in [3.8, 4) is 5.75 Å². The number of hydrogen-bond acceptors (Lipinski definition) is 4. The predicted octanol–water partition coefficient (Wildman–Crippen LogP) is 0.709. The Morgan fingerprint density at radius 3 is 3.00 bits per heavy atom. The molecule has 1 aliphatic rings. The maximum Gasteiger partial charge on any atom is 0.407 e. The van der Waals surface area contributed by atoms with E-state index < -0.39 is 6.09 Å². The van der Waals surface area contributed by atoms with Gasteiger partial charge in [0.25, 0.3) is 0 Å². The average Bonchev–Trinajstić information content (AvgIpc) is 2.74. The van der Waals surface area contributed by atoms with E-state index in [4.69, 9.17) is 14.6 Å². The number of amides is 1. The van der Waals surface area contributed by atoms with Gasteiger partial charge in [-0.25, -0.2) is 4.79 Å². The molecule has 0 radical (unpaired) electrons. The molecule has 17 heavy (non-hydrogen) atoms. The molecule has 1 aromatic carbocycles. The van der Waals surface area contributed by atoms with Gasteiger partial charge in [0, 0.05) is 6.61 Å². The van der Waals surface area contributed by atoms with Gasteiger partial charge in [-0.1, -0.05) is 18.2 Å². The SMILES string of the molecule is O=C1NCC(COc2ccccc2CCO)O1. The summed E-state index contributed by atoms with van der Waals surface area (Å²) in [5, 5.41) is 11.5. The standard InChI is InChI=1S/C12H15NO4/c14-6-5-9-3-1-2-4-11(9)16-8-10-7-13-12(15)17-10/h1-4,10,14H,5-8H2,(H,13,15). The van der Waals surface area contributed by atoms with Crippen molar-refractivity contribution in [1.29, 1.82) is 0 Å². The highest BCUT2D eigenvalue weighted by Crippen LogP contribution is 2.19. The lowest BCUT2D eigenvalue weighted by Crippen LogP contribution is -2.22. The van der Waals surface area contributed by atoms with E-state index in [1.165, 1.54) is 0 Å². The van der Waals surface area contributed by atoms with E-state index in [0.29, 0.717) is 19.6 Å². The number of hydrogen-bond donors (Lipinski definition) is 2. The first-order chi connectivity index (χ1) is 8.29. The van der Waals surface area contributed by atoms with Crippen LogP contribution in [-0.2, 0) is 11.2 Å². The summed E-state index contributed by atoms with van der Waals surface area (Å²) in [4.78, 5) is 10.8. The lowest BCUT2D eigenvalue weighted by Gasteiger charge is -2.13. The second-order valence-corrected chi connectivity index (χ2v) is 3.80. The van der Waals surface area contributed by atoms with E-state index in [1.54, 1.807) is 0 Å². The highest BCUT2D eigenvalue weighted by atomic mass is 16.6. The maximum absolute atomic E-state index is 10.8.